The van der Waals surface area contributed by atoms with E-state index < -0.39 is 0 Å². The van der Waals surface area contributed by atoms with Crippen molar-refractivity contribution in [1.29, 1.82) is 0 Å². The van der Waals surface area contributed by atoms with Gasteiger partial charge in [-0.05, 0) is 31.0 Å². The molecule has 29 heavy (non-hydrogen) atoms. The monoisotopic (exact) mass is 390 g/mol. The van der Waals surface area contributed by atoms with Crippen molar-refractivity contribution in [2.45, 2.75) is 38.3 Å². The maximum absolute atomic E-state index is 13.0. The van der Waals surface area contributed by atoms with E-state index in [9.17, 15) is 4.79 Å². The minimum atomic E-state index is 0.0484. The number of rotatable bonds is 4. The standard InChI is InChI=1S/C22H26N6O/c29-22(27-11-9-26(10-12-27)15-18-5-3-4-8-23-18)17-13-20-21(24-14-17)28(16-25-20)19-6-1-2-7-19/h3-5,8,13-14,16,19H,1-2,6-7,9-12,15H2. The quantitative estimate of drug-likeness (QED) is 0.685. The highest BCUT2D eigenvalue weighted by Crippen LogP contribution is 2.31. The van der Waals surface area contributed by atoms with Crippen LogP contribution in [0.5, 0.6) is 0 Å². The molecule has 0 N–H and O–H groups in total. The van der Waals surface area contributed by atoms with E-state index in [4.69, 9.17) is 0 Å². The van der Waals surface area contributed by atoms with E-state index in [0.29, 0.717) is 11.6 Å². The van der Waals surface area contributed by atoms with Gasteiger partial charge in [0.1, 0.15) is 5.52 Å². The molecular formula is C22H26N6O. The Morgan fingerprint density at radius 3 is 2.62 bits per heavy atom. The summed E-state index contributed by atoms with van der Waals surface area (Å²) in [5, 5.41) is 0. The maximum atomic E-state index is 13.0. The molecule has 1 saturated carbocycles. The Kier molecular flexibility index (Phi) is 4.97. The summed E-state index contributed by atoms with van der Waals surface area (Å²) in [4.78, 5) is 30.8. The van der Waals surface area contributed by atoms with E-state index in [2.05, 4.69) is 24.4 Å². The largest absolute Gasteiger partial charge is 0.336 e. The number of pyridine rings is 2. The van der Waals surface area contributed by atoms with Gasteiger partial charge in [-0.3, -0.25) is 14.7 Å². The molecule has 0 radical (unpaired) electrons. The minimum absolute atomic E-state index is 0.0484. The van der Waals surface area contributed by atoms with Crippen molar-refractivity contribution in [3.8, 4) is 0 Å². The Morgan fingerprint density at radius 2 is 1.86 bits per heavy atom. The van der Waals surface area contributed by atoms with Crippen LogP contribution in [0.25, 0.3) is 11.2 Å². The Hall–Kier alpha value is -2.80. The van der Waals surface area contributed by atoms with Crippen LogP contribution in [0.2, 0.25) is 0 Å². The van der Waals surface area contributed by atoms with Crippen LogP contribution in [0.4, 0.5) is 0 Å². The van der Waals surface area contributed by atoms with Crippen LogP contribution < -0.4 is 0 Å². The smallest absolute Gasteiger partial charge is 0.255 e. The predicted molar refractivity (Wildman–Crippen MR) is 110 cm³/mol. The van der Waals surface area contributed by atoms with Gasteiger partial charge in [-0.15, -0.1) is 0 Å². The number of imidazole rings is 1. The van der Waals surface area contributed by atoms with Gasteiger partial charge in [-0.25, -0.2) is 9.97 Å². The first-order valence-electron chi connectivity index (χ1n) is 10.5. The van der Waals surface area contributed by atoms with E-state index in [0.717, 1.165) is 49.6 Å². The van der Waals surface area contributed by atoms with Crippen LogP contribution in [0.15, 0.2) is 43.0 Å². The zero-order valence-corrected chi connectivity index (χ0v) is 16.6. The summed E-state index contributed by atoms with van der Waals surface area (Å²) in [5.74, 6) is 0.0484. The number of hydrogen-bond donors (Lipinski definition) is 0. The number of nitrogens with zero attached hydrogens (tertiary/aromatic N) is 6. The summed E-state index contributed by atoms with van der Waals surface area (Å²) < 4.78 is 2.19. The highest BCUT2D eigenvalue weighted by Gasteiger charge is 2.24. The fourth-order valence-corrected chi connectivity index (χ4v) is 4.50. The number of fused-ring (bicyclic) bond motifs is 1. The molecule has 4 heterocycles. The molecule has 0 spiro atoms. The molecule has 150 valence electrons. The lowest BCUT2D eigenvalue weighted by Crippen LogP contribution is -2.48. The molecule has 5 rings (SSSR count). The third kappa shape index (κ3) is 3.74. The summed E-state index contributed by atoms with van der Waals surface area (Å²) >= 11 is 0. The van der Waals surface area contributed by atoms with Gasteiger partial charge >= 0.3 is 0 Å². The van der Waals surface area contributed by atoms with Gasteiger partial charge in [0.25, 0.3) is 5.91 Å². The Balaban J connectivity index is 1.24. The first kappa shape index (κ1) is 18.2. The van der Waals surface area contributed by atoms with E-state index in [1.165, 1.54) is 25.7 Å². The first-order valence-corrected chi connectivity index (χ1v) is 10.5. The lowest BCUT2D eigenvalue weighted by molar-refractivity contribution is 0.0627. The number of carbonyl (C=O) groups is 1. The fourth-order valence-electron chi connectivity index (χ4n) is 4.50. The highest BCUT2D eigenvalue weighted by atomic mass is 16.2. The second kappa shape index (κ2) is 7.91. The SMILES string of the molecule is O=C(c1cnc2c(c1)ncn2C1CCCC1)N1CCN(Cc2ccccn2)CC1. The molecule has 0 unspecified atom stereocenters. The van der Waals surface area contributed by atoms with E-state index >= 15 is 0 Å². The van der Waals surface area contributed by atoms with E-state index in [1.54, 1.807) is 6.20 Å². The van der Waals surface area contributed by atoms with Crippen LogP contribution in [-0.2, 0) is 6.54 Å². The van der Waals surface area contributed by atoms with Gasteiger partial charge in [0, 0.05) is 51.2 Å². The van der Waals surface area contributed by atoms with Crippen LogP contribution in [0.1, 0.15) is 47.8 Å². The lowest BCUT2D eigenvalue weighted by Gasteiger charge is -2.34. The van der Waals surface area contributed by atoms with Gasteiger partial charge in [0.05, 0.1) is 17.6 Å². The average Bonchev–Trinajstić information content (AvgIpc) is 3.44. The molecule has 7 nitrogen and oxygen atoms in total. The molecule has 1 aliphatic carbocycles. The molecule has 0 atom stereocenters. The summed E-state index contributed by atoms with van der Waals surface area (Å²) in [7, 11) is 0. The van der Waals surface area contributed by atoms with Crippen molar-refractivity contribution in [1.82, 2.24) is 29.3 Å². The highest BCUT2D eigenvalue weighted by molar-refractivity contribution is 5.96. The van der Waals surface area contributed by atoms with Crippen molar-refractivity contribution in [3.05, 3.63) is 54.2 Å². The molecule has 0 aromatic carbocycles. The van der Waals surface area contributed by atoms with Crippen molar-refractivity contribution in [3.63, 3.8) is 0 Å². The molecule has 3 aromatic heterocycles. The number of hydrogen-bond acceptors (Lipinski definition) is 5. The minimum Gasteiger partial charge on any atom is -0.336 e. The number of aromatic nitrogens is 4. The normalized spacial score (nSPS) is 18.6. The number of piperazine rings is 1. The second-order valence-electron chi connectivity index (χ2n) is 8.05. The zero-order valence-electron chi connectivity index (χ0n) is 16.6. The predicted octanol–water partition coefficient (Wildman–Crippen LogP) is 2.90. The molecule has 0 bridgehead atoms. The Bertz CT molecular complexity index is 987. The van der Waals surface area contributed by atoms with Crippen LogP contribution >= 0.6 is 0 Å². The Labute approximate surface area is 170 Å². The molecule has 3 aromatic rings. The average molecular weight is 390 g/mol. The first-order chi connectivity index (χ1) is 14.3. The van der Waals surface area contributed by atoms with Gasteiger partial charge < -0.3 is 9.47 Å². The molecule has 1 saturated heterocycles. The molecule has 2 fully saturated rings. The maximum Gasteiger partial charge on any atom is 0.255 e. The van der Waals surface area contributed by atoms with Crippen molar-refractivity contribution in [2.75, 3.05) is 26.2 Å². The fraction of sp³-hybridized carbons (Fsp3) is 0.455. The summed E-state index contributed by atoms with van der Waals surface area (Å²) in [6.07, 6.45) is 10.4. The number of carbonyl (C=O) groups excluding carboxylic acids is 1. The summed E-state index contributed by atoms with van der Waals surface area (Å²) in [5.41, 5.74) is 3.41. The van der Waals surface area contributed by atoms with Gasteiger partial charge in [-0.1, -0.05) is 18.9 Å². The Morgan fingerprint density at radius 1 is 1.03 bits per heavy atom. The van der Waals surface area contributed by atoms with Crippen molar-refractivity contribution in [2.24, 2.45) is 0 Å². The van der Waals surface area contributed by atoms with Crippen molar-refractivity contribution >= 4 is 17.1 Å². The topological polar surface area (TPSA) is 67.2 Å². The summed E-state index contributed by atoms with van der Waals surface area (Å²) in [6, 6.07) is 8.39. The van der Waals surface area contributed by atoms with Gasteiger partial charge in [0.2, 0.25) is 0 Å². The van der Waals surface area contributed by atoms with E-state index in [-0.39, 0.29) is 5.91 Å². The number of amides is 1. The third-order valence-corrected chi connectivity index (χ3v) is 6.15. The molecule has 1 amide bonds. The van der Waals surface area contributed by atoms with E-state index in [1.807, 2.05) is 41.7 Å². The van der Waals surface area contributed by atoms with Gasteiger partial charge in [0.15, 0.2) is 5.65 Å². The van der Waals surface area contributed by atoms with Crippen LogP contribution in [0, 0.1) is 0 Å². The summed E-state index contributed by atoms with van der Waals surface area (Å²) in [6.45, 7) is 3.98. The molecule has 2 aliphatic rings. The van der Waals surface area contributed by atoms with Crippen LogP contribution in [-0.4, -0.2) is 61.4 Å². The van der Waals surface area contributed by atoms with Crippen molar-refractivity contribution < 1.29 is 4.79 Å². The third-order valence-electron chi connectivity index (χ3n) is 6.15. The molecule has 7 heteroatoms. The van der Waals surface area contributed by atoms with Crippen LogP contribution in [0.3, 0.4) is 0 Å². The van der Waals surface area contributed by atoms with Gasteiger partial charge in [-0.2, -0.15) is 0 Å². The lowest BCUT2D eigenvalue weighted by atomic mass is 10.2. The zero-order chi connectivity index (χ0) is 19.6. The second-order valence-corrected chi connectivity index (χ2v) is 8.05. The molecular weight excluding hydrogens is 364 g/mol. The molecule has 1 aliphatic heterocycles.